The van der Waals surface area contributed by atoms with Gasteiger partial charge in [0.25, 0.3) is 0 Å². The largest absolute Gasteiger partial charge is 0.439 e. The summed E-state index contributed by atoms with van der Waals surface area (Å²) in [4.78, 5) is 11.4. The number of nitrogens with zero attached hydrogens (tertiary/aromatic N) is 4. The van der Waals surface area contributed by atoms with E-state index in [2.05, 4.69) is 31.6 Å². The molecule has 1 saturated heterocycles. The van der Waals surface area contributed by atoms with E-state index in [0.29, 0.717) is 24.2 Å². The van der Waals surface area contributed by atoms with Crippen LogP contribution in [-0.2, 0) is 13.1 Å². The standard InChI is InChI=1S/C22H21FN4O/c23-17-9-7-16(8-10-17)21-12-24-22(28-21)14-26-11-3-4-18(26)13-27-15-25-19-5-1-2-6-20(19)27/h1-2,5-10,12,15,18H,3-4,11,13-14H2/t18-/m1/s1. The Morgan fingerprint density at radius 2 is 1.93 bits per heavy atom. The molecule has 1 aliphatic rings. The molecule has 28 heavy (non-hydrogen) atoms. The first-order valence-electron chi connectivity index (χ1n) is 9.61. The summed E-state index contributed by atoms with van der Waals surface area (Å²) in [7, 11) is 0. The maximum atomic E-state index is 13.1. The van der Waals surface area contributed by atoms with Crippen molar-refractivity contribution >= 4 is 11.0 Å². The summed E-state index contributed by atoms with van der Waals surface area (Å²) in [5, 5.41) is 0. The van der Waals surface area contributed by atoms with Crippen LogP contribution in [0.15, 0.2) is 65.5 Å². The van der Waals surface area contributed by atoms with Crippen LogP contribution in [0, 0.1) is 5.82 Å². The number of benzene rings is 2. The molecule has 0 aliphatic carbocycles. The topological polar surface area (TPSA) is 47.1 Å². The van der Waals surface area contributed by atoms with Crippen molar-refractivity contribution in [3.8, 4) is 11.3 Å². The Labute approximate surface area is 162 Å². The highest BCUT2D eigenvalue weighted by Gasteiger charge is 2.26. The summed E-state index contributed by atoms with van der Waals surface area (Å²) in [5.74, 6) is 1.11. The zero-order valence-electron chi connectivity index (χ0n) is 15.5. The molecule has 5 rings (SSSR count). The van der Waals surface area contributed by atoms with Gasteiger partial charge in [0.15, 0.2) is 5.76 Å². The van der Waals surface area contributed by atoms with Crippen molar-refractivity contribution < 1.29 is 8.81 Å². The van der Waals surface area contributed by atoms with Gasteiger partial charge in [0.1, 0.15) is 5.82 Å². The Bertz CT molecular complexity index is 1090. The molecule has 0 bridgehead atoms. The molecule has 1 atom stereocenters. The number of hydrogen-bond donors (Lipinski definition) is 0. The quantitative estimate of drug-likeness (QED) is 0.515. The Hall–Kier alpha value is -2.99. The number of fused-ring (bicyclic) bond motifs is 1. The fraction of sp³-hybridized carbons (Fsp3) is 0.273. The van der Waals surface area contributed by atoms with E-state index < -0.39 is 0 Å². The van der Waals surface area contributed by atoms with Gasteiger partial charge in [-0.1, -0.05) is 12.1 Å². The Morgan fingerprint density at radius 1 is 1.07 bits per heavy atom. The van der Waals surface area contributed by atoms with Gasteiger partial charge in [-0.3, -0.25) is 4.90 Å². The fourth-order valence-corrected chi connectivity index (χ4v) is 4.00. The van der Waals surface area contributed by atoms with Crippen LogP contribution in [-0.4, -0.2) is 32.0 Å². The van der Waals surface area contributed by atoms with E-state index in [1.54, 1.807) is 18.3 Å². The lowest BCUT2D eigenvalue weighted by Gasteiger charge is -2.23. The van der Waals surface area contributed by atoms with E-state index in [1.807, 2.05) is 18.5 Å². The van der Waals surface area contributed by atoms with Gasteiger partial charge in [0.2, 0.25) is 5.89 Å². The third-order valence-corrected chi connectivity index (χ3v) is 5.45. The second-order valence-corrected chi connectivity index (χ2v) is 7.28. The number of aromatic nitrogens is 3. The van der Waals surface area contributed by atoms with Crippen LogP contribution in [0.2, 0.25) is 0 Å². The number of hydrogen-bond acceptors (Lipinski definition) is 4. The number of rotatable bonds is 5. The minimum Gasteiger partial charge on any atom is -0.439 e. The molecule has 1 fully saturated rings. The van der Waals surface area contributed by atoms with Gasteiger partial charge in [-0.2, -0.15) is 0 Å². The zero-order chi connectivity index (χ0) is 18.9. The van der Waals surface area contributed by atoms with Crippen LogP contribution in [0.5, 0.6) is 0 Å². The van der Waals surface area contributed by atoms with Crippen LogP contribution in [0.1, 0.15) is 18.7 Å². The molecule has 0 amide bonds. The number of para-hydroxylation sites is 2. The van der Waals surface area contributed by atoms with Gasteiger partial charge >= 0.3 is 0 Å². The van der Waals surface area contributed by atoms with E-state index >= 15 is 0 Å². The maximum Gasteiger partial charge on any atom is 0.209 e. The fourth-order valence-electron chi connectivity index (χ4n) is 4.00. The van der Waals surface area contributed by atoms with Gasteiger partial charge in [-0.25, -0.2) is 14.4 Å². The van der Waals surface area contributed by atoms with E-state index in [9.17, 15) is 4.39 Å². The van der Waals surface area contributed by atoms with Crippen molar-refractivity contribution in [1.82, 2.24) is 19.4 Å². The smallest absolute Gasteiger partial charge is 0.209 e. The summed E-state index contributed by atoms with van der Waals surface area (Å²) >= 11 is 0. The first-order chi connectivity index (χ1) is 13.8. The highest BCUT2D eigenvalue weighted by Crippen LogP contribution is 2.25. The Morgan fingerprint density at radius 3 is 2.82 bits per heavy atom. The number of oxazole rings is 1. The van der Waals surface area contributed by atoms with Crippen molar-refractivity contribution in [1.29, 1.82) is 0 Å². The lowest BCUT2D eigenvalue weighted by Crippen LogP contribution is -2.32. The SMILES string of the molecule is Fc1ccc(-c2cnc(CN3CCC[C@@H]3Cn3cnc4ccccc43)o2)cc1. The lowest BCUT2D eigenvalue weighted by atomic mass is 10.2. The van der Waals surface area contributed by atoms with Crippen LogP contribution in [0.3, 0.4) is 0 Å². The average molecular weight is 376 g/mol. The van der Waals surface area contributed by atoms with Crippen LogP contribution in [0.25, 0.3) is 22.4 Å². The van der Waals surface area contributed by atoms with Crippen molar-refractivity contribution in [2.24, 2.45) is 0 Å². The van der Waals surface area contributed by atoms with Crippen molar-refractivity contribution in [3.05, 3.63) is 72.8 Å². The molecule has 4 aromatic rings. The first-order valence-corrected chi connectivity index (χ1v) is 9.61. The molecule has 1 aliphatic heterocycles. The number of imidazole rings is 1. The molecular weight excluding hydrogens is 355 g/mol. The second-order valence-electron chi connectivity index (χ2n) is 7.28. The van der Waals surface area contributed by atoms with E-state index in [-0.39, 0.29) is 5.82 Å². The molecule has 0 saturated carbocycles. The number of likely N-dealkylation sites (tertiary alicyclic amines) is 1. The zero-order valence-corrected chi connectivity index (χ0v) is 15.5. The van der Waals surface area contributed by atoms with Gasteiger partial charge < -0.3 is 8.98 Å². The van der Waals surface area contributed by atoms with Crippen LogP contribution < -0.4 is 0 Å². The molecule has 2 aromatic heterocycles. The third kappa shape index (κ3) is 3.31. The molecule has 0 spiro atoms. The molecule has 6 heteroatoms. The maximum absolute atomic E-state index is 13.1. The minimum atomic E-state index is -0.254. The molecule has 142 valence electrons. The molecule has 0 unspecified atom stereocenters. The van der Waals surface area contributed by atoms with Gasteiger partial charge in [-0.15, -0.1) is 0 Å². The van der Waals surface area contributed by atoms with Gasteiger partial charge in [0.05, 0.1) is 30.1 Å². The highest BCUT2D eigenvalue weighted by atomic mass is 19.1. The Kier molecular flexibility index (Phi) is 4.41. The minimum absolute atomic E-state index is 0.254. The van der Waals surface area contributed by atoms with E-state index in [1.165, 1.54) is 24.1 Å². The highest BCUT2D eigenvalue weighted by molar-refractivity contribution is 5.74. The Balaban J connectivity index is 1.30. The predicted octanol–water partition coefficient (Wildman–Crippen LogP) is 4.50. The predicted molar refractivity (Wildman–Crippen MR) is 105 cm³/mol. The van der Waals surface area contributed by atoms with Gasteiger partial charge in [-0.05, 0) is 55.8 Å². The summed E-state index contributed by atoms with van der Waals surface area (Å²) < 4.78 is 21.3. The number of halogens is 1. The third-order valence-electron chi connectivity index (χ3n) is 5.45. The van der Waals surface area contributed by atoms with Gasteiger partial charge in [0, 0.05) is 18.2 Å². The second kappa shape index (κ2) is 7.20. The van der Waals surface area contributed by atoms with Crippen molar-refractivity contribution in [2.75, 3.05) is 6.54 Å². The molecule has 2 aromatic carbocycles. The average Bonchev–Trinajstić information content (AvgIpc) is 3.45. The van der Waals surface area contributed by atoms with E-state index in [0.717, 1.165) is 30.6 Å². The summed E-state index contributed by atoms with van der Waals surface area (Å²) in [6.07, 6.45) is 5.97. The monoisotopic (exact) mass is 376 g/mol. The van der Waals surface area contributed by atoms with Crippen molar-refractivity contribution in [2.45, 2.75) is 32.0 Å². The van der Waals surface area contributed by atoms with Crippen LogP contribution in [0.4, 0.5) is 4.39 Å². The lowest BCUT2D eigenvalue weighted by molar-refractivity contribution is 0.206. The van der Waals surface area contributed by atoms with Crippen molar-refractivity contribution in [3.63, 3.8) is 0 Å². The van der Waals surface area contributed by atoms with Crippen LogP contribution >= 0.6 is 0 Å². The summed E-state index contributed by atoms with van der Waals surface area (Å²) in [6, 6.07) is 14.9. The molecule has 0 N–H and O–H groups in total. The van der Waals surface area contributed by atoms with E-state index in [4.69, 9.17) is 4.42 Å². The molecule has 0 radical (unpaired) electrons. The molecule has 5 nitrogen and oxygen atoms in total. The first kappa shape index (κ1) is 17.1. The molecule has 3 heterocycles. The summed E-state index contributed by atoms with van der Waals surface area (Å²) in [6.45, 7) is 2.62. The normalized spacial score (nSPS) is 17.5. The molecular formula is C22H21FN4O. The summed E-state index contributed by atoms with van der Waals surface area (Å²) in [5.41, 5.74) is 3.04.